The first-order valence-corrected chi connectivity index (χ1v) is 9.69. The van der Waals surface area contributed by atoms with Gasteiger partial charge in [-0.2, -0.15) is 0 Å². The fourth-order valence-corrected chi connectivity index (χ4v) is 2.45. The van der Waals surface area contributed by atoms with Crippen LogP contribution in [-0.2, 0) is 11.3 Å². The first-order chi connectivity index (χ1) is 13.7. The minimum atomic E-state index is -0.426. The Morgan fingerprint density at radius 3 is 2.72 bits per heavy atom. The topological polar surface area (TPSA) is 67.8 Å². The van der Waals surface area contributed by atoms with Crippen molar-refractivity contribution < 1.29 is 13.9 Å². The van der Waals surface area contributed by atoms with Crippen molar-refractivity contribution in [1.82, 2.24) is 15.6 Å². The minimum Gasteiger partial charge on any atom is -0.453 e. The summed E-state index contributed by atoms with van der Waals surface area (Å²) in [4.78, 5) is 8.47. The van der Waals surface area contributed by atoms with Crippen LogP contribution < -0.4 is 15.4 Å². The second-order valence-corrected chi connectivity index (χ2v) is 6.08. The van der Waals surface area contributed by atoms with E-state index in [9.17, 15) is 4.39 Å². The van der Waals surface area contributed by atoms with Gasteiger partial charge >= 0.3 is 0 Å². The molecule has 160 valence electrons. The molecule has 0 bridgehead atoms. The molecule has 0 atom stereocenters. The van der Waals surface area contributed by atoms with Crippen molar-refractivity contribution >= 4 is 29.9 Å². The maximum absolute atomic E-state index is 14.3. The van der Waals surface area contributed by atoms with Crippen LogP contribution in [0.25, 0.3) is 0 Å². The summed E-state index contributed by atoms with van der Waals surface area (Å²) in [5.74, 6) is 0.954. The summed E-state index contributed by atoms with van der Waals surface area (Å²) < 4.78 is 25.2. The van der Waals surface area contributed by atoms with Gasteiger partial charge in [-0.05, 0) is 56.5 Å². The van der Waals surface area contributed by atoms with Crippen molar-refractivity contribution in [2.75, 3.05) is 26.3 Å². The fourth-order valence-electron chi connectivity index (χ4n) is 2.45. The van der Waals surface area contributed by atoms with Gasteiger partial charge in [0.05, 0.1) is 12.7 Å². The molecule has 2 N–H and O–H groups in total. The Balaban J connectivity index is 0.00000420. The molecule has 6 nitrogen and oxygen atoms in total. The number of aliphatic imine (C=N–C) groups is 1. The normalized spacial score (nSPS) is 10.9. The molecule has 2 aromatic rings. The molecule has 0 aliphatic carbocycles. The maximum atomic E-state index is 14.3. The van der Waals surface area contributed by atoms with E-state index in [1.54, 1.807) is 30.6 Å². The van der Waals surface area contributed by atoms with E-state index in [0.29, 0.717) is 12.3 Å². The number of nitrogens with zero attached hydrogens (tertiary/aromatic N) is 2. The number of aromatic nitrogens is 1. The average molecular weight is 516 g/mol. The second kappa shape index (κ2) is 15.0. The van der Waals surface area contributed by atoms with E-state index in [0.717, 1.165) is 50.7 Å². The highest BCUT2D eigenvalue weighted by Gasteiger charge is 2.06. The van der Waals surface area contributed by atoms with E-state index in [-0.39, 0.29) is 29.7 Å². The van der Waals surface area contributed by atoms with Gasteiger partial charge in [-0.1, -0.05) is 6.07 Å². The number of hydrogen-bond acceptors (Lipinski definition) is 4. The first-order valence-electron chi connectivity index (χ1n) is 9.69. The third kappa shape index (κ3) is 9.89. The van der Waals surface area contributed by atoms with Gasteiger partial charge in [0, 0.05) is 32.5 Å². The SMILES string of the molecule is CCNC(=NCc1ccc(Oc2cccnc2)c(F)c1)NCCCCOCC.I. The summed E-state index contributed by atoms with van der Waals surface area (Å²) >= 11 is 0. The predicted octanol–water partition coefficient (Wildman–Crippen LogP) is 4.50. The van der Waals surface area contributed by atoms with Gasteiger partial charge in [0.2, 0.25) is 0 Å². The van der Waals surface area contributed by atoms with Crippen molar-refractivity contribution in [3.63, 3.8) is 0 Å². The van der Waals surface area contributed by atoms with Crippen LogP contribution in [0.2, 0.25) is 0 Å². The number of benzene rings is 1. The van der Waals surface area contributed by atoms with Gasteiger partial charge < -0.3 is 20.1 Å². The van der Waals surface area contributed by atoms with E-state index < -0.39 is 5.82 Å². The van der Waals surface area contributed by atoms with Gasteiger partial charge in [-0.15, -0.1) is 24.0 Å². The Bertz CT molecular complexity index is 732. The molecule has 2 rings (SSSR count). The first kappa shape index (κ1) is 25.1. The van der Waals surface area contributed by atoms with Crippen molar-refractivity contribution in [1.29, 1.82) is 0 Å². The molecule has 1 aromatic carbocycles. The third-order valence-corrected chi connectivity index (χ3v) is 3.83. The standard InChI is InChI=1S/C21H29FN4O2.HI/c1-3-24-21(25-12-5-6-13-27-4-2)26-15-17-9-10-20(19(22)14-17)28-18-8-7-11-23-16-18;/h7-11,14,16H,3-6,12-13,15H2,1-2H3,(H2,24,25,26);1H. The van der Waals surface area contributed by atoms with Crippen LogP contribution in [-0.4, -0.2) is 37.2 Å². The monoisotopic (exact) mass is 516 g/mol. The van der Waals surface area contributed by atoms with Gasteiger partial charge in [-0.25, -0.2) is 9.38 Å². The van der Waals surface area contributed by atoms with Crippen LogP contribution in [0, 0.1) is 5.82 Å². The molecule has 0 fully saturated rings. The molecule has 0 amide bonds. The number of guanidine groups is 1. The third-order valence-electron chi connectivity index (χ3n) is 3.83. The number of hydrogen-bond donors (Lipinski definition) is 2. The van der Waals surface area contributed by atoms with Gasteiger partial charge in [0.15, 0.2) is 17.5 Å². The molecule has 0 saturated heterocycles. The number of ether oxygens (including phenoxy) is 2. The van der Waals surface area contributed by atoms with Crippen molar-refractivity contribution in [3.8, 4) is 11.5 Å². The highest BCUT2D eigenvalue weighted by molar-refractivity contribution is 14.0. The lowest BCUT2D eigenvalue weighted by atomic mass is 10.2. The molecule has 0 aliphatic heterocycles. The number of halogens is 2. The van der Waals surface area contributed by atoms with Crippen LogP contribution in [0.5, 0.6) is 11.5 Å². The lowest BCUT2D eigenvalue weighted by Gasteiger charge is -2.11. The molecule has 0 radical (unpaired) electrons. The summed E-state index contributed by atoms with van der Waals surface area (Å²) in [5.41, 5.74) is 0.768. The molecule has 0 saturated carbocycles. The van der Waals surface area contributed by atoms with Crippen molar-refractivity contribution in [2.45, 2.75) is 33.2 Å². The second-order valence-electron chi connectivity index (χ2n) is 6.08. The van der Waals surface area contributed by atoms with Gasteiger partial charge in [0.25, 0.3) is 0 Å². The van der Waals surface area contributed by atoms with E-state index in [1.807, 2.05) is 19.9 Å². The highest BCUT2D eigenvalue weighted by atomic mass is 127. The van der Waals surface area contributed by atoms with Crippen LogP contribution in [0.3, 0.4) is 0 Å². The zero-order valence-electron chi connectivity index (χ0n) is 17.0. The minimum absolute atomic E-state index is 0. The fraction of sp³-hybridized carbons (Fsp3) is 0.429. The Morgan fingerprint density at radius 2 is 2.03 bits per heavy atom. The number of pyridine rings is 1. The molecule has 0 aliphatic rings. The van der Waals surface area contributed by atoms with Crippen LogP contribution in [0.1, 0.15) is 32.3 Å². The molecule has 0 unspecified atom stereocenters. The van der Waals surface area contributed by atoms with E-state index in [4.69, 9.17) is 9.47 Å². The summed E-state index contributed by atoms with van der Waals surface area (Å²) in [7, 11) is 0. The lowest BCUT2D eigenvalue weighted by molar-refractivity contribution is 0.143. The van der Waals surface area contributed by atoms with Crippen molar-refractivity contribution in [2.24, 2.45) is 4.99 Å². The molecular formula is C21H30FIN4O2. The number of rotatable bonds is 11. The molecule has 8 heteroatoms. The highest BCUT2D eigenvalue weighted by Crippen LogP contribution is 2.24. The van der Waals surface area contributed by atoms with Crippen LogP contribution in [0.4, 0.5) is 4.39 Å². The molecule has 1 aromatic heterocycles. The Labute approximate surface area is 189 Å². The summed E-state index contributed by atoms with van der Waals surface area (Å²) in [6.07, 6.45) is 5.18. The largest absolute Gasteiger partial charge is 0.453 e. The summed E-state index contributed by atoms with van der Waals surface area (Å²) in [6.45, 7) is 7.48. The lowest BCUT2D eigenvalue weighted by Crippen LogP contribution is -2.37. The Kier molecular flexibility index (Phi) is 13.0. The Hall–Kier alpha value is -1.94. The summed E-state index contributed by atoms with van der Waals surface area (Å²) in [5, 5.41) is 6.48. The van der Waals surface area contributed by atoms with E-state index in [2.05, 4.69) is 20.6 Å². The van der Waals surface area contributed by atoms with E-state index >= 15 is 0 Å². The Morgan fingerprint density at radius 1 is 1.17 bits per heavy atom. The number of nitrogens with one attached hydrogen (secondary N) is 2. The van der Waals surface area contributed by atoms with E-state index in [1.165, 1.54) is 6.07 Å². The smallest absolute Gasteiger partial charge is 0.191 e. The molecule has 29 heavy (non-hydrogen) atoms. The number of unbranched alkanes of at least 4 members (excludes halogenated alkanes) is 1. The quantitative estimate of drug-likeness (QED) is 0.199. The molecular weight excluding hydrogens is 486 g/mol. The predicted molar refractivity (Wildman–Crippen MR) is 125 cm³/mol. The summed E-state index contributed by atoms with van der Waals surface area (Å²) in [6, 6.07) is 8.34. The van der Waals surface area contributed by atoms with Crippen molar-refractivity contribution in [3.05, 3.63) is 54.1 Å². The maximum Gasteiger partial charge on any atom is 0.191 e. The molecule has 0 spiro atoms. The molecule has 1 heterocycles. The zero-order chi connectivity index (χ0) is 20.0. The van der Waals surface area contributed by atoms with Gasteiger partial charge in [0.1, 0.15) is 5.75 Å². The van der Waals surface area contributed by atoms with Crippen LogP contribution in [0.15, 0.2) is 47.7 Å². The average Bonchev–Trinajstić information content (AvgIpc) is 2.71. The van der Waals surface area contributed by atoms with Crippen LogP contribution >= 0.6 is 24.0 Å². The van der Waals surface area contributed by atoms with Gasteiger partial charge in [-0.3, -0.25) is 4.98 Å². The zero-order valence-corrected chi connectivity index (χ0v) is 19.3.